The molecule has 7 heteroatoms. The molecular weight excluding hydrogens is 296 g/mol. The molecule has 0 aromatic carbocycles. The van der Waals surface area contributed by atoms with Gasteiger partial charge in [-0.1, -0.05) is 6.42 Å². The van der Waals surface area contributed by atoms with Crippen molar-refractivity contribution in [2.45, 2.75) is 57.5 Å². The van der Waals surface area contributed by atoms with Gasteiger partial charge in [0.15, 0.2) is 0 Å². The van der Waals surface area contributed by atoms with Crippen molar-refractivity contribution in [1.82, 2.24) is 10.3 Å². The van der Waals surface area contributed by atoms with Crippen LogP contribution >= 0.6 is 0 Å². The molecule has 1 heterocycles. The number of aromatic nitrogens is 1. The minimum absolute atomic E-state index is 0.00504. The fourth-order valence-electron chi connectivity index (χ4n) is 3.10. The number of hydrogen-bond donors (Lipinski definition) is 2. The zero-order valence-electron chi connectivity index (χ0n) is 13.2. The number of nitrogens with zero attached hydrogens (tertiary/aromatic N) is 2. The first-order valence-electron chi connectivity index (χ1n) is 8.21. The Morgan fingerprint density at radius 3 is 2.78 bits per heavy atom. The molecule has 0 saturated heterocycles. The third kappa shape index (κ3) is 3.97. The van der Waals surface area contributed by atoms with Crippen LogP contribution in [0.25, 0.3) is 0 Å². The number of amides is 1. The molecule has 2 atom stereocenters. The minimum atomic E-state index is -0.414. The highest BCUT2D eigenvalue weighted by atomic mass is 16.6. The first-order chi connectivity index (χ1) is 11.0. The summed E-state index contributed by atoms with van der Waals surface area (Å²) in [6.45, 7) is 1.78. The number of anilines is 1. The van der Waals surface area contributed by atoms with Crippen molar-refractivity contribution in [3.63, 3.8) is 0 Å². The lowest BCUT2D eigenvalue weighted by Gasteiger charge is -2.29. The van der Waals surface area contributed by atoms with Gasteiger partial charge >= 0.3 is 5.69 Å². The molecule has 0 spiro atoms. The zero-order chi connectivity index (χ0) is 16.4. The molecule has 1 amide bonds. The van der Waals surface area contributed by atoms with Gasteiger partial charge in [-0.25, -0.2) is 4.98 Å². The third-order valence-electron chi connectivity index (χ3n) is 4.51. The molecular formula is C16H22N4O3. The maximum atomic E-state index is 12.2. The molecule has 2 aliphatic rings. The van der Waals surface area contributed by atoms with Crippen LogP contribution in [0.3, 0.4) is 0 Å². The van der Waals surface area contributed by atoms with Crippen molar-refractivity contribution in [3.05, 3.63) is 27.9 Å². The summed E-state index contributed by atoms with van der Waals surface area (Å²) in [5.41, 5.74) is 0.752. The number of aryl methyl sites for hydroxylation is 1. The summed E-state index contributed by atoms with van der Waals surface area (Å²) in [7, 11) is 0. The third-order valence-corrected chi connectivity index (χ3v) is 4.51. The van der Waals surface area contributed by atoms with Crippen LogP contribution in [0.4, 0.5) is 11.5 Å². The molecule has 3 rings (SSSR count). The average molecular weight is 318 g/mol. The second-order valence-corrected chi connectivity index (χ2v) is 6.63. The minimum Gasteiger partial charge on any atom is -0.362 e. The van der Waals surface area contributed by atoms with Crippen LogP contribution in [0.2, 0.25) is 0 Å². The summed E-state index contributed by atoms with van der Waals surface area (Å²) in [6, 6.07) is 1.94. The van der Waals surface area contributed by atoms with E-state index in [1.165, 1.54) is 6.07 Å². The smallest absolute Gasteiger partial charge is 0.311 e. The Morgan fingerprint density at radius 2 is 2.09 bits per heavy atom. The van der Waals surface area contributed by atoms with Crippen LogP contribution in [0.15, 0.2) is 12.3 Å². The molecule has 0 unspecified atom stereocenters. The van der Waals surface area contributed by atoms with E-state index >= 15 is 0 Å². The van der Waals surface area contributed by atoms with Crippen LogP contribution in [0, 0.1) is 23.0 Å². The molecule has 2 fully saturated rings. The van der Waals surface area contributed by atoms with Gasteiger partial charge in [-0.3, -0.25) is 14.9 Å². The molecule has 0 aliphatic heterocycles. The molecule has 0 radical (unpaired) electrons. The maximum absolute atomic E-state index is 12.2. The zero-order valence-corrected chi connectivity index (χ0v) is 13.2. The highest BCUT2D eigenvalue weighted by molar-refractivity contribution is 5.79. The molecule has 0 bridgehead atoms. The van der Waals surface area contributed by atoms with Gasteiger partial charge in [0.1, 0.15) is 0 Å². The Hall–Kier alpha value is -2.18. The van der Waals surface area contributed by atoms with E-state index in [1.54, 1.807) is 13.1 Å². The van der Waals surface area contributed by atoms with E-state index in [2.05, 4.69) is 15.6 Å². The summed E-state index contributed by atoms with van der Waals surface area (Å²) in [4.78, 5) is 27.1. The van der Waals surface area contributed by atoms with E-state index < -0.39 is 4.92 Å². The Labute approximate surface area is 135 Å². The number of carbonyl (C=O) groups excluding carboxylic acids is 1. The number of rotatable bonds is 5. The summed E-state index contributed by atoms with van der Waals surface area (Å²) >= 11 is 0. The van der Waals surface area contributed by atoms with Gasteiger partial charge in [-0.05, 0) is 44.6 Å². The summed E-state index contributed by atoms with van der Waals surface area (Å²) < 4.78 is 0. The number of nitrogens with one attached hydrogen (secondary N) is 2. The van der Waals surface area contributed by atoms with E-state index in [1.807, 2.05) is 0 Å². The molecule has 23 heavy (non-hydrogen) atoms. The Kier molecular flexibility index (Phi) is 4.45. The van der Waals surface area contributed by atoms with E-state index in [0.717, 1.165) is 37.7 Å². The summed E-state index contributed by atoms with van der Waals surface area (Å²) in [5, 5.41) is 17.4. The molecule has 2 N–H and O–H groups in total. The average Bonchev–Trinajstić information content (AvgIpc) is 3.33. The van der Waals surface area contributed by atoms with E-state index in [9.17, 15) is 14.9 Å². The van der Waals surface area contributed by atoms with Gasteiger partial charge in [0.25, 0.3) is 0 Å². The van der Waals surface area contributed by atoms with Crippen molar-refractivity contribution in [1.29, 1.82) is 0 Å². The van der Waals surface area contributed by atoms with Gasteiger partial charge in [0.05, 0.1) is 4.92 Å². The van der Waals surface area contributed by atoms with Crippen LogP contribution in [-0.2, 0) is 4.79 Å². The summed E-state index contributed by atoms with van der Waals surface area (Å²) in [6.07, 6.45) is 7.22. The van der Waals surface area contributed by atoms with Gasteiger partial charge in [-0.15, -0.1) is 0 Å². The molecule has 2 saturated carbocycles. The number of nitro groups is 1. The molecule has 1 aromatic heterocycles. The standard InChI is InChI=1S/C16H22N4O3/c1-10-7-14(20(22)23)15(17-9-10)18-13-4-2-3-11(8-13)16(21)19-12-5-6-12/h7,9,11-13H,2-6,8H2,1H3,(H,17,18)(H,19,21)/t11-,13+/m0/s1. The number of hydrogen-bond acceptors (Lipinski definition) is 5. The van der Waals surface area contributed by atoms with E-state index in [-0.39, 0.29) is 23.6 Å². The lowest BCUT2D eigenvalue weighted by Crippen LogP contribution is -2.38. The monoisotopic (exact) mass is 318 g/mol. The van der Waals surface area contributed by atoms with Gasteiger partial charge in [0.2, 0.25) is 11.7 Å². The second-order valence-electron chi connectivity index (χ2n) is 6.63. The topological polar surface area (TPSA) is 97.2 Å². The van der Waals surface area contributed by atoms with E-state index in [4.69, 9.17) is 0 Å². The largest absolute Gasteiger partial charge is 0.362 e. The van der Waals surface area contributed by atoms with Gasteiger partial charge in [0, 0.05) is 30.3 Å². The SMILES string of the molecule is Cc1cnc(N[C@@H]2CCC[C@H](C(=O)NC3CC3)C2)c([N+](=O)[O-])c1. The normalized spacial score (nSPS) is 24.0. The fraction of sp³-hybridized carbons (Fsp3) is 0.625. The Bertz CT molecular complexity index is 615. The molecule has 7 nitrogen and oxygen atoms in total. The van der Waals surface area contributed by atoms with Crippen molar-refractivity contribution < 1.29 is 9.72 Å². The predicted molar refractivity (Wildman–Crippen MR) is 86.2 cm³/mol. The fourth-order valence-corrected chi connectivity index (χ4v) is 3.10. The van der Waals surface area contributed by atoms with Gasteiger partial charge in [-0.2, -0.15) is 0 Å². The first kappa shape index (κ1) is 15.7. The number of pyridine rings is 1. The lowest BCUT2D eigenvalue weighted by molar-refractivity contribution is -0.384. The van der Waals surface area contributed by atoms with Crippen molar-refractivity contribution >= 4 is 17.4 Å². The maximum Gasteiger partial charge on any atom is 0.311 e. The van der Waals surface area contributed by atoms with Gasteiger partial charge < -0.3 is 10.6 Å². The highest BCUT2D eigenvalue weighted by Crippen LogP contribution is 2.30. The highest BCUT2D eigenvalue weighted by Gasteiger charge is 2.32. The second kappa shape index (κ2) is 6.52. The van der Waals surface area contributed by atoms with E-state index in [0.29, 0.717) is 18.3 Å². The molecule has 1 aromatic rings. The van der Waals surface area contributed by atoms with Crippen LogP contribution < -0.4 is 10.6 Å². The summed E-state index contributed by atoms with van der Waals surface area (Å²) in [5.74, 6) is 0.422. The van der Waals surface area contributed by atoms with Crippen molar-refractivity contribution in [3.8, 4) is 0 Å². The molecule has 2 aliphatic carbocycles. The van der Waals surface area contributed by atoms with Crippen LogP contribution in [0.5, 0.6) is 0 Å². The predicted octanol–water partition coefficient (Wildman–Crippen LogP) is 2.55. The van der Waals surface area contributed by atoms with Crippen molar-refractivity contribution in [2.75, 3.05) is 5.32 Å². The Balaban J connectivity index is 1.65. The van der Waals surface area contributed by atoms with Crippen LogP contribution in [-0.4, -0.2) is 27.9 Å². The first-order valence-corrected chi connectivity index (χ1v) is 8.21. The molecule has 124 valence electrons. The number of carbonyl (C=O) groups is 1. The quantitative estimate of drug-likeness (QED) is 0.642. The Morgan fingerprint density at radius 1 is 1.30 bits per heavy atom. The van der Waals surface area contributed by atoms with Crippen molar-refractivity contribution in [2.24, 2.45) is 5.92 Å². The lowest BCUT2D eigenvalue weighted by atomic mass is 9.85. The van der Waals surface area contributed by atoms with Crippen LogP contribution in [0.1, 0.15) is 44.1 Å².